The highest BCUT2D eigenvalue weighted by molar-refractivity contribution is 9.10. The number of hydrazone groups is 1. The largest absolute Gasteiger partial charge is 0.279 e. The highest BCUT2D eigenvalue weighted by atomic mass is 79.9. The molecule has 0 aliphatic rings. The van der Waals surface area contributed by atoms with Crippen molar-refractivity contribution in [2.24, 2.45) is 5.10 Å². The molecular formula is C14H13BrN2. The molecule has 2 rings (SSSR count). The molecule has 2 nitrogen and oxygen atoms in total. The van der Waals surface area contributed by atoms with Crippen LogP contribution in [0.25, 0.3) is 0 Å². The molecule has 0 heterocycles. The Kier molecular flexibility index (Phi) is 3.94. The number of hydrogen-bond donors (Lipinski definition) is 1. The predicted molar refractivity (Wildman–Crippen MR) is 76.5 cm³/mol. The molecule has 0 aliphatic carbocycles. The molecule has 0 fully saturated rings. The lowest BCUT2D eigenvalue weighted by atomic mass is 10.2. The van der Waals surface area contributed by atoms with Gasteiger partial charge in [0, 0.05) is 4.47 Å². The monoisotopic (exact) mass is 288 g/mol. The van der Waals surface area contributed by atoms with Gasteiger partial charge in [0.2, 0.25) is 0 Å². The van der Waals surface area contributed by atoms with E-state index in [2.05, 4.69) is 45.5 Å². The number of hydrogen-bond acceptors (Lipinski definition) is 2. The minimum absolute atomic E-state index is 0.988. The van der Waals surface area contributed by atoms with Gasteiger partial charge in [-0.1, -0.05) is 45.8 Å². The van der Waals surface area contributed by atoms with Crippen molar-refractivity contribution in [3.05, 3.63) is 64.1 Å². The van der Waals surface area contributed by atoms with E-state index < -0.39 is 0 Å². The number of benzene rings is 2. The first-order valence-electron chi connectivity index (χ1n) is 5.35. The molecule has 17 heavy (non-hydrogen) atoms. The SMILES string of the molecule is Cc1ccc(N/N=C\c2cccc(Br)c2)cc1. The number of nitrogens with one attached hydrogen (secondary N) is 1. The average Bonchev–Trinajstić information content (AvgIpc) is 2.32. The van der Waals surface area contributed by atoms with E-state index in [0.717, 1.165) is 15.7 Å². The zero-order valence-corrected chi connectivity index (χ0v) is 11.1. The van der Waals surface area contributed by atoms with Crippen LogP contribution in [0.2, 0.25) is 0 Å². The van der Waals surface area contributed by atoms with Crippen LogP contribution in [-0.4, -0.2) is 6.21 Å². The van der Waals surface area contributed by atoms with Crippen molar-refractivity contribution in [3.63, 3.8) is 0 Å². The Bertz CT molecular complexity index is 518. The first kappa shape index (κ1) is 11.9. The Hall–Kier alpha value is -1.61. The number of nitrogens with zero attached hydrogens (tertiary/aromatic N) is 1. The van der Waals surface area contributed by atoms with E-state index in [1.54, 1.807) is 6.21 Å². The van der Waals surface area contributed by atoms with Gasteiger partial charge in [0.25, 0.3) is 0 Å². The number of rotatable bonds is 3. The summed E-state index contributed by atoms with van der Waals surface area (Å²) in [4.78, 5) is 0. The van der Waals surface area contributed by atoms with E-state index in [-0.39, 0.29) is 0 Å². The Morgan fingerprint density at radius 2 is 1.88 bits per heavy atom. The Labute approximate surface area is 110 Å². The van der Waals surface area contributed by atoms with Crippen molar-refractivity contribution in [1.82, 2.24) is 0 Å². The summed E-state index contributed by atoms with van der Waals surface area (Å²) < 4.78 is 1.05. The molecule has 0 unspecified atom stereocenters. The van der Waals surface area contributed by atoms with Crippen molar-refractivity contribution in [1.29, 1.82) is 0 Å². The zero-order valence-electron chi connectivity index (χ0n) is 9.52. The second-order valence-corrected chi connectivity index (χ2v) is 4.71. The van der Waals surface area contributed by atoms with Crippen LogP contribution in [-0.2, 0) is 0 Å². The van der Waals surface area contributed by atoms with Gasteiger partial charge in [-0.05, 0) is 36.8 Å². The fourth-order valence-corrected chi connectivity index (χ4v) is 1.81. The Morgan fingerprint density at radius 1 is 1.12 bits per heavy atom. The lowest BCUT2D eigenvalue weighted by Gasteiger charge is -2.00. The number of halogens is 1. The first-order chi connectivity index (χ1) is 8.24. The normalized spacial score (nSPS) is 10.7. The van der Waals surface area contributed by atoms with Crippen LogP contribution in [0.15, 0.2) is 58.1 Å². The van der Waals surface area contributed by atoms with Gasteiger partial charge in [0.05, 0.1) is 11.9 Å². The van der Waals surface area contributed by atoms with Gasteiger partial charge in [-0.2, -0.15) is 5.10 Å². The maximum atomic E-state index is 4.19. The molecule has 0 atom stereocenters. The second-order valence-electron chi connectivity index (χ2n) is 3.79. The highest BCUT2D eigenvalue weighted by Gasteiger charge is 1.90. The van der Waals surface area contributed by atoms with Crippen LogP contribution in [0.5, 0.6) is 0 Å². The first-order valence-corrected chi connectivity index (χ1v) is 6.15. The van der Waals surface area contributed by atoms with Crippen LogP contribution in [0, 0.1) is 6.92 Å². The maximum absolute atomic E-state index is 4.19. The third kappa shape index (κ3) is 3.71. The molecule has 0 radical (unpaired) electrons. The molecule has 1 N–H and O–H groups in total. The molecule has 0 bridgehead atoms. The number of anilines is 1. The van der Waals surface area contributed by atoms with Gasteiger partial charge >= 0.3 is 0 Å². The van der Waals surface area contributed by atoms with Crippen molar-refractivity contribution in [3.8, 4) is 0 Å². The summed E-state index contributed by atoms with van der Waals surface area (Å²) in [6.07, 6.45) is 1.80. The molecule has 3 heteroatoms. The van der Waals surface area contributed by atoms with Gasteiger partial charge < -0.3 is 0 Å². The fraction of sp³-hybridized carbons (Fsp3) is 0.0714. The topological polar surface area (TPSA) is 24.4 Å². The van der Waals surface area contributed by atoms with Crippen LogP contribution in [0.4, 0.5) is 5.69 Å². The Balaban J connectivity index is 2.00. The summed E-state index contributed by atoms with van der Waals surface area (Å²) in [5, 5.41) is 4.19. The van der Waals surface area contributed by atoms with Gasteiger partial charge in [0.1, 0.15) is 0 Å². The third-order valence-electron chi connectivity index (χ3n) is 2.31. The second kappa shape index (κ2) is 5.64. The molecule has 0 aliphatic heterocycles. The standard InChI is InChI=1S/C14H13BrN2/c1-11-5-7-14(8-6-11)17-16-10-12-3-2-4-13(15)9-12/h2-10,17H,1H3/b16-10-. The maximum Gasteiger partial charge on any atom is 0.0561 e. The average molecular weight is 289 g/mol. The van der Waals surface area contributed by atoms with Gasteiger partial charge in [-0.25, -0.2) is 0 Å². The van der Waals surface area contributed by atoms with Crippen molar-refractivity contribution in [2.75, 3.05) is 5.43 Å². The minimum atomic E-state index is 0.988. The van der Waals surface area contributed by atoms with Crippen molar-refractivity contribution >= 4 is 27.8 Å². The van der Waals surface area contributed by atoms with Crippen molar-refractivity contribution in [2.45, 2.75) is 6.92 Å². The molecule has 0 saturated carbocycles. The van der Waals surface area contributed by atoms with E-state index in [0.29, 0.717) is 0 Å². The lowest BCUT2D eigenvalue weighted by molar-refractivity contribution is 1.34. The molecular weight excluding hydrogens is 276 g/mol. The quantitative estimate of drug-likeness (QED) is 0.664. The van der Waals surface area contributed by atoms with Gasteiger partial charge in [0.15, 0.2) is 0 Å². The van der Waals surface area contributed by atoms with Crippen LogP contribution < -0.4 is 5.43 Å². The van der Waals surface area contributed by atoms with E-state index in [1.165, 1.54) is 5.56 Å². The van der Waals surface area contributed by atoms with Gasteiger partial charge in [-0.3, -0.25) is 5.43 Å². The van der Waals surface area contributed by atoms with E-state index in [4.69, 9.17) is 0 Å². The molecule has 0 spiro atoms. The lowest BCUT2D eigenvalue weighted by Crippen LogP contribution is -1.90. The predicted octanol–water partition coefficient (Wildman–Crippen LogP) is 4.20. The summed E-state index contributed by atoms with van der Waals surface area (Å²) >= 11 is 3.42. The third-order valence-corrected chi connectivity index (χ3v) is 2.80. The number of aryl methyl sites for hydroxylation is 1. The van der Waals surface area contributed by atoms with Crippen molar-refractivity contribution < 1.29 is 0 Å². The molecule has 0 amide bonds. The smallest absolute Gasteiger partial charge is 0.0561 e. The van der Waals surface area contributed by atoms with E-state index in [9.17, 15) is 0 Å². The summed E-state index contributed by atoms with van der Waals surface area (Å²) in [7, 11) is 0. The van der Waals surface area contributed by atoms with Crippen LogP contribution in [0.1, 0.15) is 11.1 Å². The molecule has 2 aromatic rings. The molecule has 0 saturated heterocycles. The fourth-order valence-electron chi connectivity index (χ4n) is 1.40. The summed E-state index contributed by atoms with van der Waals surface area (Å²) in [6.45, 7) is 2.06. The Morgan fingerprint density at radius 3 is 2.59 bits per heavy atom. The summed E-state index contributed by atoms with van der Waals surface area (Å²) in [5.41, 5.74) is 6.28. The molecule has 86 valence electrons. The van der Waals surface area contributed by atoms with E-state index >= 15 is 0 Å². The summed E-state index contributed by atoms with van der Waals surface area (Å²) in [6, 6.07) is 16.1. The van der Waals surface area contributed by atoms with E-state index in [1.807, 2.05) is 36.4 Å². The van der Waals surface area contributed by atoms with Crippen LogP contribution in [0.3, 0.4) is 0 Å². The van der Waals surface area contributed by atoms with Crippen LogP contribution >= 0.6 is 15.9 Å². The summed E-state index contributed by atoms with van der Waals surface area (Å²) in [5.74, 6) is 0. The highest BCUT2D eigenvalue weighted by Crippen LogP contribution is 2.11. The molecule has 0 aromatic heterocycles. The molecule has 2 aromatic carbocycles. The zero-order chi connectivity index (χ0) is 12.1. The van der Waals surface area contributed by atoms with Gasteiger partial charge in [-0.15, -0.1) is 0 Å². The minimum Gasteiger partial charge on any atom is -0.279 e.